The van der Waals surface area contributed by atoms with Crippen molar-refractivity contribution in [3.63, 3.8) is 0 Å². The summed E-state index contributed by atoms with van der Waals surface area (Å²) in [6.45, 7) is 7.46. The molecular formula is C17H28N2O. The van der Waals surface area contributed by atoms with Gasteiger partial charge in [-0.05, 0) is 24.3 Å². The minimum Gasteiger partial charge on any atom is -0.349 e. The fraction of sp³-hybridized carbons (Fsp3) is 0.588. The molecule has 0 aliphatic heterocycles. The third kappa shape index (κ3) is 5.33. The van der Waals surface area contributed by atoms with E-state index in [1.807, 2.05) is 6.07 Å². The van der Waals surface area contributed by atoms with E-state index in [4.69, 9.17) is 0 Å². The fourth-order valence-corrected chi connectivity index (χ4v) is 2.49. The molecule has 0 aromatic heterocycles. The lowest BCUT2D eigenvalue weighted by Gasteiger charge is -2.29. The van der Waals surface area contributed by atoms with Gasteiger partial charge in [-0.1, -0.05) is 44.2 Å². The molecule has 1 rings (SSSR count). The molecule has 0 aliphatic carbocycles. The molecule has 112 valence electrons. The van der Waals surface area contributed by atoms with Gasteiger partial charge >= 0.3 is 0 Å². The van der Waals surface area contributed by atoms with Gasteiger partial charge in [0.1, 0.15) is 0 Å². The first kappa shape index (κ1) is 16.7. The molecule has 1 N–H and O–H groups in total. The zero-order valence-electron chi connectivity index (χ0n) is 13.4. The van der Waals surface area contributed by atoms with Crippen LogP contribution in [-0.4, -0.2) is 37.5 Å². The largest absolute Gasteiger partial charge is 0.349 e. The number of nitrogens with one attached hydrogen (secondary N) is 1. The highest BCUT2D eigenvalue weighted by atomic mass is 16.2. The molecule has 0 fully saturated rings. The predicted molar refractivity (Wildman–Crippen MR) is 84.9 cm³/mol. The van der Waals surface area contributed by atoms with Crippen molar-refractivity contribution in [1.29, 1.82) is 0 Å². The smallest absolute Gasteiger partial charge is 0.223 e. The van der Waals surface area contributed by atoms with E-state index >= 15 is 0 Å². The number of hydrogen-bond donors (Lipinski definition) is 1. The Balaban J connectivity index is 2.42. The third-order valence-corrected chi connectivity index (χ3v) is 3.70. The van der Waals surface area contributed by atoms with E-state index in [0.717, 1.165) is 13.0 Å². The number of amides is 1. The minimum atomic E-state index is 0.138. The zero-order chi connectivity index (χ0) is 15.2. The highest BCUT2D eigenvalue weighted by Crippen LogP contribution is 2.27. The fourth-order valence-electron chi connectivity index (χ4n) is 2.49. The van der Waals surface area contributed by atoms with Crippen LogP contribution in [0.3, 0.4) is 0 Å². The predicted octanol–water partition coefficient (Wildman–Crippen LogP) is 2.81. The molecule has 0 saturated heterocycles. The maximum atomic E-state index is 11.5. The Morgan fingerprint density at radius 1 is 1.25 bits per heavy atom. The van der Waals surface area contributed by atoms with Crippen molar-refractivity contribution in [2.24, 2.45) is 0 Å². The van der Waals surface area contributed by atoms with Crippen LogP contribution in [-0.2, 0) is 10.2 Å². The molecule has 1 unspecified atom stereocenters. The lowest BCUT2D eigenvalue weighted by atomic mass is 9.79. The molecule has 0 radical (unpaired) electrons. The Bertz CT molecular complexity index is 412. The van der Waals surface area contributed by atoms with Gasteiger partial charge in [-0.15, -0.1) is 0 Å². The van der Waals surface area contributed by atoms with Crippen molar-refractivity contribution in [1.82, 2.24) is 10.2 Å². The number of carbonyl (C=O) groups excluding carboxylic acids is 1. The van der Waals surface area contributed by atoms with E-state index in [9.17, 15) is 4.79 Å². The summed E-state index contributed by atoms with van der Waals surface area (Å²) in [7, 11) is 3.59. The van der Waals surface area contributed by atoms with Crippen LogP contribution < -0.4 is 5.32 Å². The van der Waals surface area contributed by atoms with Crippen molar-refractivity contribution >= 4 is 5.91 Å². The number of carbonyl (C=O) groups is 1. The standard InChI is InChI=1S/C17H28N2O/c1-14(18-12-11-16(20)19(4)5)13-17(2,3)15-9-7-6-8-10-15/h6-10,14,18H,11-13H2,1-5H3. The molecule has 0 spiro atoms. The van der Waals surface area contributed by atoms with E-state index in [2.05, 4.69) is 50.4 Å². The summed E-state index contributed by atoms with van der Waals surface area (Å²) in [6.07, 6.45) is 1.61. The van der Waals surface area contributed by atoms with Gasteiger partial charge < -0.3 is 10.2 Å². The van der Waals surface area contributed by atoms with Gasteiger partial charge in [-0.2, -0.15) is 0 Å². The van der Waals surface area contributed by atoms with Crippen molar-refractivity contribution < 1.29 is 4.79 Å². The highest BCUT2D eigenvalue weighted by molar-refractivity contribution is 5.75. The molecule has 0 bridgehead atoms. The van der Waals surface area contributed by atoms with Crippen LogP contribution in [0.1, 0.15) is 39.2 Å². The van der Waals surface area contributed by atoms with Gasteiger partial charge in [0.2, 0.25) is 5.91 Å². The molecule has 1 aromatic rings. The Kier molecular flexibility index (Phi) is 6.21. The first-order chi connectivity index (χ1) is 9.33. The third-order valence-electron chi connectivity index (χ3n) is 3.70. The SMILES string of the molecule is CC(CC(C)(C)c1ccccc1)NCCC(=O)N(C)C. The van der Waals surface area contributed by atoms with Crippen LogP contribution in [0.5, 0.6) is 0 Å². The Morgan fingerprint density at radius 3 is 2.40 bits per heavy atom. The van der Waals surface area contributed by atoms with Crippen LogP contribution in [0.15, 0.2) is 30.3 Å². The molecule has 0 saturated carbocycles. The van der Waals surface area contributed by atoms with E-state index in [1.54, 1.807) is 19.0 Å². The van der Waals surface area contributed by atoms with Crippen molar-refractivity contribution in [3.05, 3.63) is 35.9 Å². The van der Waals surface area contributed by atoms with E-state index < -0.39 is 0 Å². The first-order valence-electron chi connectivity index (χ1n) is 7.32. The first-order valence-corrected chi connectivity index (χ1v) is 7.32. The number of nitrogens with zero attached hydrogens (tertiary/aromatic N) is 1. The van der Waals surface area contributed by atoms with Gasteiger partial charge in [0.05, 0.1) is 0 Å². The average molecular weight is 276 g/mol. The second-order valence-electron chi connectivity index (χ2n) is 6.35. The number of rotatable bonds is 7. The molecule has 1 amide bonds. The quantitative estimate of drug-likeness (QED) is 0.830. The molecule has 0 aliphatic rings. The second kappa shape index (κ2) is 7.44. The second-order valence-corrected chi connectivity index (χ2v) is 6.35. The highest BCUT2D eigenvalue weighted by Gasteiger charge is 2.22. The van der Waals surface area contributed by atoms with Crippen LogP contribution in [0.25, 0.3) is 0 Å². The summed E-state index contributed by atoms with van der Waals surface area (Å²) in [5.74, 6) is 0.173. The average Bonchev–Trinajstić information content (AvgIpc) is 2.39. The van der Waals surface area contributed by atoms with Crippen molar-refractivity contribution in [3.8, 4) is 0 Å². The zero-order valence-corrected chi connectivity index (χ0v) is 13.4. The van der Waals surface area contributed by atoms with Crippen LogP contribution in [0, 0.1) is 0 Å². The Morgan fingerprint density at radius 2 is 1.85 bits per heavy atom. The molecule has 1 atom stereocenters. The maximum Gasteiger partial charge on any atom is 0.223 e. The molecular weight excluding hydrogens is 248 g/mol. The molecule has 20 heavy (non-hydrogen) atoms. The topological polar surface area (TPSA) is 32.3 Å². The van der Waals surface area contributed by atoms with Gasteiger partial charge in [-0.3, -0.25) is 4.79 Å². The lowest BCUT2D eigenvalue weighted by molar-refractivity contribution is -0.128. The molecule has 1 aromatic carbocycles. The number of hydrogen-bond acceptors (Lipinski definition) is 2. The lowest BCUT2D eigenvalue weighted by Crippen LogP contribution is -2.35. The Hall–Kier alpha value is -1.35. The van der Waals surface area contributed by atoms with Crippen molar-refractivity contribution in [2.45, 2.75) is 45.1 Å². The summed E-state index contributed by atoms with van der Waals surface area (Å²) in [5.41, 5.74) is 1.50. The normalized spacial score (nSPS) is 13.1. The maximum absolute atomic E-state index is 11.5. The van der Waals surface area contributed by atoms with E-state index in [0.29, 0.717) is 12.5 Å². The van der Waals surface area contributed by atoms with E-state index in [-0.39, 0.29) is 11.3 Å². The summed E-state index contributed by atoms with van der Waals surface area (Å²) >= 11 is 0. The molecule has 0 heterocycles. The molecule has 3 nitrogen and oxygen atoms in total. The number of benzene rings is 1. The van der Waals surface area contributed by atoms with Crippen LogP contribution in [0.2, 0.25) is 0 Å². The summed E-state index contributed by atoms with van der Waals surface area (Å²) in [4.78, 5) is 13.2. The van der Waals surface area contributed by atoms with Crippen LogP contribution in [0.4, 0.5) is 0 Å². The van der Waals surface area contributed by atoms with Gasteiger partial charge in [0.15, 0.2) is 0 Å². The van der Waals surface area contributed by atoms with Gasteiger partial charge in [0, 0.05) is 33.1 Å². The van der Waals surface area contributed by atoms with Crippen LogP contribution >= 0.6 is 0 Å². The Labute approximate surface area is 123 Å². The summed E-state index contributed by atoms with van der Waals surface area (Å²) < 4.78 is 0. The minimum absolute atomic E-state index is 0.138. The van der Waals surface area contributed by atoms with Gasteiger partial charge in [-0.25, -0.2) is 0 Å². The molecule has 3 heteroatoms. The summed E-state index contributed by atoms with van der Waals surface area (Å²) in [6, 6.07) is 11.0. The van der Waals surface area contributed by atoms with Gasteiger partial charge in [0.25, 0.3) is 0 Å². The van der Waals surface area contributed by atoms with Crippen molar-refractivity contribution in [2.75, 3.05) is 20.6 Å². The summed E-state index contributed by atoms with van der Waals surface area (Å²) in [5, 5.41) is 3.45. The van der Waals surface area contributed by atoms with E-state index in [1.165, 1.54) is 5.56 Å². The monoisotopic (exact) mass is 276 g/mol.